The van der Waals surface area contributed by atoms with Crippen molar-refractivity contribution in [3.63, 3.8) is 0 Å². The summed E-state index contributed by atoms with van der Waals surface area (Å²) in [4.78, 5) is 4.06. The topological polar surface area (TPSA) is 38.9 Å². The highest BCUT2D eigenvalue weighted by Crippen LogP contribution is 2.19. The van der Waals surface area contributed by atoms with E-state index in [1.165, 1.54) is 18.3 Å². The van der Waals surface area contributed by atoms with Crippen LogP contribution in [0.15, 0.2) is 42.6 Å². The zero-order chi connectivity index (χ0) is 9.97. The van der Waals surface area contributed by atoms with E-state index >= 15 is 0 Å². The van der Waals surface area contributed by atoms with Crippen molar-refractivity contribution in [2.75, 3.05) is 5.73 Å². The quantitative estimate of drug-likeness (QED) is 0.698. The van der Waals surface area contributed by atoms with Crippen molar-refractivity contribution in [3.05, 3.63) is 48.4 Å². The SMILES string of the molecule is Nc1cccc(-c2cc(F)ccn2)c1. The number of hydrogen-bond acceptors (Lipinski definition) is 2. The molecule has 0 aliphatic heterocycles. The fourth-order valence-corrected chi connectivity index (χ4v) is 1.26. The van der Waals surface area contributed by atoms with Gasteiger partial charge in [-0.1, -0.05) is 12.1 Å². The third-order valence-corrected chi connectivity index (χ3v) is 1.90. The van der Waals surface area contributed by atoms with Crippen molar-refractivity contribution in [2.24, 2.45) is 0 Å². The Morgan fingerprint density at radius 2 is 2.00 bits per heavy atom. The molecule has 0 aliphatic rings. The third-order valence-electron chi connectivity index (χ3n) is 1.90. The Hall–Kier alpha value is -1.90. The minimum atomic E-state index is -0.294. The lowest BCUT2D eigenvalue weighted by molar-refractivity contribution is 0.626. The van der Waals surface area contributed by atoms with Gasteiger partial charge in [0.2, 0.25) is 0 Å². The highest BCUT2D eigenvalue weighted by molar-refractivity contribution is 5.63. The normalized spacial score (nSPS) is 10.1. The van der Waals surface area contributed by atoms with Crippen molar-refractivity contribution < 1.29 is 4.39 Å². The lowest BCUT2D eigenvalue weighted by atomic mass is 10.1. The first kappa shape index (κ1) is 8.69. The largest absolute Gasteiger partial charge is 0.399 e. The molecule has 2 N–H and O–H groups in total. The molecule has 3 heteroatoms. The minimum Gasteiger partial charge on any atom is -0.399 e. The van der Waals surface area contributed by atoms with Gasteiger partial charge in [-0.25, -0.2) is 4.39 Å². The number of nitrogen functional groups attached to an aromatic ring is 1. The number of benzene rings is 1. The molecule has 0 saturated carbocycles. The van der Waals surface area contributed by atoms with E-state index < -0.39 is 0 Å². The van der Waals surface area contributed by atoms with Gasteiger partial charge in [-0.05, 0) is 18.2 Å². The van der Waals surface area contributed by atoms with Crippen LogP contribution in [0.5, 0.6) is 0 Å². The Bertz CT molecular complexity index is 411. The monoisotopic (exact) mass is 188 g/mol. The molecule has 0 amide bonds. The number of hydrogen-bond donors (Lipinski definition) is 1. The van der Waals surface area contributed by atoms with Gasteiger partial charge in [-0.3, -0.25) is 4.98 Å². The Kier molecular flexibility index (Phi) is 2.14. The number of pyridine rings is 1. The van der Waals surface area contributed by atoms with Gasteiger partial charge in [0.1, 0.15) is 5.82 Å². The Labute approximate surface area is 81.2 Å². The number of nitrogens with two attached hydrogens (primary N) is 1. The maximum atomic E-state index is 12.9. The van der Waals surface area contributed by atoms with Crippen LogP contribution in [0.4, 0.5) is 10.1 Å². The van der Waals surface area contributed by atoms with E-state index in [-0.39, 0.29) is 5.82 Å². The predicted octanol–water partition coefficient (Wildman–Crippen LogP) is 2.47. The zero-order valence-electron chi connectivity index (χ0n) is 7.44. The molecule has 2 nitrogen and oxygen atoms in total. The summed E-state index contributed by atoms with van der Waals surface area (Å²) in [7, 11) is 0. The zero-order valence-corrected chi connectivity index (χ0v) is 7.44. The number of anilines is 1. The van der Waals surface area contributed by atoms with Crippen LogP contribution in [0, 0.1) is 5.82 Å². The molecule has 0 radical (unpaired) electrons. The molecule has 0 fully saturated rings. The summed E-state index contributed by atoms with van der Waals surface area (Å²) in [6.45, 7) is 0. The first-order valence-corrected chi connectivity index (χ1v) is 4.23. The number of halogens is 1. The number of nitrogens with zero attached hydrogens (tertiary/aromatic N) is 1. The molecule has 0 aliphatic carbocycles. The molecule has 2 rings (SSSR count). The average molecular weight is 188 g/mol. The summed E-state index contributed by atoms with van der Waals surface area (Å²) in [5.74, 6) is -0.294. The van der Waals surface area contributed by atoms with Crippen molar-refractivity contribution in [2.45, 2.75) is 0 Å². The summed E-state index contributed by atoms with van der Waals surface area (Å²) < 4.78 is 12.9. The second kappa shape index (κ2) is 3.46. The van der Waals surface area contributed by atoms with Crippen molar-refractivity contribution in [1.82, 2.24) is 4.98 Å². The van der Waals surface area contributed by atoms with Gasteiger partial charge in [-0.15, -0.1) is 0 Å². The lowest BCUT2D eigenvalue weighted by Crippen LogP contribution is -1.87. The van der Waals surface area contributed by atoms with Gasteiger partial charge in [0.25, 0.3) is 0 Å². The Balaban J connectivity index is 2.49. The van der Waals surface area contributed by atoms with Crippen LogP contribution in [-0.2, 0) is 0 Å². The molecule has 1 aromatic carbocycles. The van der Waals surface area contributed by atoms with E-state index in [0.29, 0.717) is 11.4 Å². The van der Waals surface area contributed by atoms with Gasteiger partial charge in [-0.2, -0.15) is 0 Å². The molecule has 0 unspecified atom stereocenters. The van der Waals surface area contributed by atoms with Crippen LogP contribution < -0.4 is 5.73 Å². The van der Waals surface area contributed by atoms with E-state index in [1.54, 1.807) is 12.1 Å². The van der Waals surface area contributed by atoms with Crippen LogP contribution >= 0.6 is 0 Å². The average Bonchev–Trinajstić information content (AvgIpc) is 2.18. The fraction of sp³-hybridized carbons (Fsp3) is 0. The first-order chi connectivity index (χ1) is 6.75. The van der Waals surface area contributed by atoms with Crippen LogP contribution in [-0.4, -0.2) is 4.98 Å². The van der Waals surface area contributed by atoms with Crippen molar-refractivity contribution in [1.29, 1.82) is 0 Å². The molecule has 0 spiro atoms. The Morgan fingerprint density at radius 1 is 1.14 bits per heavy atom. The number of aromatic nitrogens is 1. The molecule has 1 heterocycles. The molecule has 14 heavy (non-hydrogen) atoms. The first-order valence-electron chi connectivity index (χ1n) is 4.23. The molecular weight excluding hydrogens is 179 g/mol. The maximum absolute atomic E-state index is 12.9. The molecule has 2 aromatic rings. The third kappa shape index (κ3) is 1.71. The molecular formula is C11H9FN2. The molecule has 0 saturated heterocycles. The van der Waals surface area contributed by atoms with Crippen LogP contribution in [0.3, 0.4) is 0 Å². The van der Waals surface area contributed by atoms with Crippen molar-refractivity contribution in [3.8, 4) is 11.3 Å². The summed E-state index contributed by atoms with van der Waals surface area (Å²) in [5.41, 5.74) is 7.68. The standard InChI is InChI=1S/C11H9FN2/c12-9-4-5-14-11(7-9)8-2-1-3-10(13)6-8/h1-7H,13H2. The summed E-state index contributed by atoms with van der Waals surface area (Å²) in [6.07, 6.45) is 1.44. The Morgan fingerprint density at radius 3 is 2.71 bits per heavy atom. The van der Waals surface area contributed by atoms with Gasteiger partial charge < -0.3 is 5.73 Å². The van der Waals surface area contributed by atoms with Crippen LogP contribution in [0.25, 0.3) is 11.3 Å². The second-order valence-corrected chi connectivity index (χ2v) is 2.98. The highest BCUT2D eigenvalue weighted by Gasteiger charge is 2.00. The highest BCUT2D eigenvalue weighted by atomic mass is 19.1. The number of rotatable bonds is 1. The predicted molar refractivity (Wildman–Crippen MR) is 54.0 cm³/mol. The maximum Gasteiger partial charge on any atom is 0.126 e. The van der Waals surface area contributed by atoms with E-state index in [9.17, 15) is 4.39 Å². The van der Waals surface area contributed by atoms with Crippen LogP contribution in [0.2, 0.25) is 0 Å². The molecule has 0 bridgehead atoms. The fourth-order valence-electron chi connectivity index (χ4n) is 1.26. The molecule has 70 valence electrons. The van der Waals surface area contributed by atoms with Gasteiger partial charge in [0.05, 0.1) is 5.69 Å². The van der Waals surface area contributed by atoms with Crippen molar-refractivity contribution >= 4 is 5.69 Å². The van der Waals surface area contributed by atoms with Crippen LogP contribution in [0.1, 0.15) is 0 Å². The summed E-state index contributed by atoms with van der Waals surface area (Å²) in [5, 5.41) is 0. The van der Waals surface area contributed by atoms with E-state index in [1.807, 2.05) is 12.1 Å². The summed E-state index contributed by atoms with van der Waals surface area (Å²) in [6, 6.07) is 9.91. The smallest absolute Gasteiger partial charge is 0.126 e. The summed E-state index contributed by atoms with van der Waals surface area (Å²) >= 11 is 0. The van der Waals surface area contributed by atoms with Gasteiger partial charge in [0, 0.05) is 23.5 Å². The lowest BCUT2D eigenvalue weighted by Gasteiger charge is -2.01. The van der Waals surface area contributed by atoms with E-state index in [0.717, 1.165) is 5.56 Å². The minimum absolute atomic E-state index is 0.294. The molecule has 1 aromatic heterocycles. The van der Waals surface area contributed by atoms with E-state index in [2.05, 4.69) is 4.98 Å². The van der Waals surface area contributed by atoms with E-state index in [4.69, 9.17) is 5.73 Å². The molecule has 0 atom stereocenters. The van der Waals surface area contributed by atoms with Gasteiger partial charge >= 0.3 is 0 Å². The van der Waals surface area contributed by atoms with Gasteiger partial charge in [0.15, 0.2) is 0 Å². The second-order valence-electron chi connectivity index (χ2n) is 2.98.